The van der Waals surface area contributed by atoms with E-state index in [4.69, 9.17) is 16.6 Å². The molecule has 7 heteroatoms. The molecule has 1 aromatic carbocycles. The lowest BCUT2D eigenvalue weighted by molar-refractivity contribution is 0.125. The molecule has 3 rings (SSSR count). The number of hydrogen-bond donors (Lipinski definition) is 1. The molecule has 2 aliphatic rings. The van der Waals surface area contributed by atoms with Crippen LogP contribution >= 0.6 is 11.6 Å². The molecule has 2 saturated heterocycles. The third-order valence-electron chi connectivity index (χ3n) is 6.14. The van der Waals surface area contributed by atoms with Crippen LogP contribution in [-0.4, -0.2) is 99.2 Å². The zero-order chi connectivity index (χ0) is 21.3. The van der Waals surface area contributed by atoms with Crippen LogP contribution in [0.5, 0.6) is 0 Å². The average molecular weight is 435 g/mol. The Labute approximate surface area is 187 Å². The van der Waals surface area contributed by atoms with Crippen LogP contribution in [0.25, 0.3) is 0 Å². The monoisotopic (exact) mass is 434 g/mol. The average Bonchev–Trinajstić information content (AvgIpc) is 2.78. The number of nitrogens with zero attached hydrogens (tertiary/aromatic N) is 5. The number of likely N-dealkylation sites (N-methyl/N-ethyl adjacent to an activating group) is 1. The van der Waals surface area contributed by atoms with E-state index in [0.29, 0.717) is 5.92 Å². The molecule has 1 N–H and O–H groups in total. The number of halogens is 1. The molecule has 30 heavy (non-hydrogen) atoms. The standard InChI is InChI=1S/C23H39ClN6/c1-4-25-23(26-18-20(3)19-28-12-10-27(5-2)11-13-28)30-16-14-29(15-17-30)22-9-7-6-8-21(22)24/h6-9,20H,4-5,10-19H2,1-3H3,(H,25,26). The smallest absolute Gasteiger partial charge is 0.194 e. The molecule has 1 atom stereocenters. The highest BCUT2D eigenvalue weighted by Gasteiger charge is 2.22. The Morgan fingerprint density at radius 2 is 1.67 bits per heavy atom. The zero-order valence-corrected chi connectivity index (χ0v) is 19.7. The second kappa shape index (κ2) is 11.8. The van der Waals surface area contributed by atoms with Crippen molar-refractivity contribution in [2.24, 2.45) is 10.9 Å². The normalized spacial score (nSPS) is 20.5. The Bertz CT molecular complexity index is 665. The number of piperazine rings is 2. The van der Waals surface area contributed by atoms with Gasteiger partial charge in [-0.15, -0.1) is 0 Å². The molecule has 0 bridgehead atoms. The molecule has 0 saturated carbocycles. The summed E-state index contributed by atoms with van der Waals surface area (Å²) < 4.78 is 0. The van der Waals surface area contributed by atoms with Crippen molar-refractivity contribution in [3.05, 3.63) is 29.3 Å². The predicted molar refractivity (Wildman–Crippen MR) is 129 cm³/mol. The Morgan fingerprint density at radius 3 is 2.30 bits per heavy atom. The fraction of sp³-hybridized carbons (Fsp3) is 0.696. The maximum Gasteiger partial charge on any atom is 0.194 e. The van der Waals surface area contributed by atoms with Gasteiger partial charge in [0, 0.05) is 72.0 Å². The lowest BCUT2D eigenvalue weighted by Gasteiger charge is -2.38. The first-order valence-electron chi connectivity index (χ1n) is 11.6. The quantitative estimate of drug-likeness (QED) is 0.527. The van der Waals surface area contributed by atoms with Gasteiger partial charge in [0.1, 0.15) is 0 Å². The number of anilines is 1. The van der Waals surface area contributed by atoms with Crippen molar-refractivity contribution < 1.29 is 0 Å². The van der Waals surface area contributed by atoms with E-state index in [1.54, 1.807) is 0 Å². The van der Waals surface area contributed by atoms with E-state index in [2.05, 4.69) is 57.8 Å². The fourth-order valence-electron chi connectivity index (χ4n) is 4.32. The molecule has 2 aliphatic heterocycles. The Morgan fingerprint density at radius 1 is 1.00 bits per heavy atom. The summed E-state index contributed by atoms with van der Waals surface area (Å²) in [6, 6.07) is 8.13. The first-order valence-corrected chi connectivity index (χ1v) is 12.0. The predicted octanol–water partition coefficient (Wildman–Crippen LogP) is 2.70. The molecule has 0 aromatic heterocycles. The van der Waals surface area contributed by atoms with Gasteiger partial charge in [-0.3, -0.25) is 4.99 Å². The second-order valence-electron chi connectivity index (χ2n) is 8.46. The zero-order valence-electron chi connectivity index (χ0n) is 19.0. The van der Waals surface area contributed by atoms with E-state index in [0.717, 1.165) is 62.5 Å². The van der Waals surface area contributed by atoms with Crippen molar-refractivity contribution >= 4 is 23.2 Å². The van der Waals surface area contributed by atoms with Gasteiger partial charge in [0.2, 0.25) is 0 Å². The highest BCUT2D eigenvalue weighted by Crippen LogP contribution is 2.26. The molecule has 168 valence electrons. The molecular formula is C23H39ClN6. The summed E-state index contributed by atoms with van der Waals surface area (Å²) in [6.45, 7) is 19.4. The molecule has 2 fully saturated rings. The number of guanidine groups is 1. The summed E-state index contributed by atoms with van der Waals surface area (Å²) in [5.74, 6) is 1.62. The van der Waals surface area contributed by atoms with Gasteiger partial charge in [0.05, 0.1) is 10.7 Å². The van der Waals surface area contributed by atoms with E-state index in [1.165, 1.54) is 32.7 Å². The minimum Gasteiger partial charge on any atom is -0.367 e. The van der Waals surface area contributed by atoms with Gasteiger partial charge in [-0.25, -0.2) is 0 Å². The first kappa shape index (κ1) is 23.2. The summed E-state index contributed by atoms with van der Waals surface area (Å²) in [6.07, 6.45) is 0. The van der Waals surface area contributed by atoms with Crippen molar-refractivity contribution in [2.45, 2.75) is 20.8 Å². The van der Waals surface area contributed by atoms with Crippen LogP contribution in [0.2, 0.25) is 5.02 Å². The van der Waals surface area contributed by atoms with Gasteiger partial charge < -0.3 is 24.9 Å². The highest BCUT2D eigenvalue weighted by atomic mass is 35.5. The van der Waals surface area contributed by atoms with Gasteiger partial charge in [0.15, 0.2) is 5.96 Å². The summed E-state index contributed by atoms with van der Waals surface area (Å²) in [5, 5.41) is 4.34. The topological polar surface area (TPSA) is 37.4 Å². The second-order valence-corrected chi connectivity index (χ2v) is 8.87. The van der Waals surface area contributed by atoms with Crippen LogP contribution in [0, 0.1) is 5.92 Å². The third-order valence-corrected chi connectivity index (χ3v) is 6.46. The number of aliphatic imine (C=N–C) groups is 1. The van der Waals surface area contributed by atoms with E-state index in [-0.39, 0.29) is 0 Å². The molecule has 0 spiro atoms. The maximum atomic E-state index is 6.39. The summed E-state index contributed by atoms with van der Waals surface area (Å²) in [5.41, 5.74) is 1.14. The number of nitrogens with one attached hydrogen (secondary N) is 1. The Hall–Kier alpha value is -1.50. The van der Waals surface area contributed by atoms with Crippen LogP contribution in [0.15, 0.2) is 29.3 Å². The summed E-state index contributed by atoms with van der Waals surface area (Å²) >= 11 is 6.39. The van der Waals surface area contributed by atoms with Gasteiger partial charge >= 0.3 is 0 Å². The van der Waals surface area contributed by atoms with Gasteiger partial charge in [-0.05, 0) is 31.5 Å². The third kappa shape index (κ3) is 6.50. The van der Waals surface area contributed by atoms with E-state index < -0.39 is 0 Å². The Kier molecular flexibility index (Phi) is 9.09. The molecule has 1 aromatic rings. The number of para-hydroxylation sites is 1. The largest absolute Gasteiger partial charge is 0.367 e. The van der Waals surface area contributed by atoms with Gasteiger partial charge in [-0.1, -0.05) is 37.6 Å². The van der Waals surface area contributed by atoms with Crippen LogP contribution in [0.4, 0.5) is 5.69 Å². The van der Waals surface area contributed by atoms with Crippen LogP contribution in [0.1, 0.15) is 20.8 Å². The molecule has 0 aliphatic carbocycles. The fourth-order valence-corrected chi connectivity index (χ4v) is 4.58. The molecule has 6 nitrogen and oxygen atoms in total. The first-order chi connectivity index (χ1) is 14.6. The van der Waals surface area contributed by atoms with Crippen LogP contribution < -0.4 is 10.2 Å². The van der Waals surface area contributed by atoms with E-state index >= 15 is 0 Å². The molecular weight excluding hydrogens is 396 g/mol. The van der Waals surface area contributed by atoms with Crippen LogP contribution in [-0.2, 0) is 0 Å². The van der Waals surface area contributed by atoms with E-state index in [1.807, 2.05) is 12.1 Å². The lowest BCUT2D eigenvalue weighted by Crippen LogP contribution is -2.52. The molecule has 0 amide bonds. The van der Waals surface area contributed by atoms with Crippen molar-refractivity contribution in [3.8, 4) is 0 Å². The van der Waals surface area contributed by atoms with E-state index in [9.17, 15) is 0 Å². The van der Waals surface area contributed by atoms with Crippen molar-refractivity contribution in [1.29, 1.82) is 0 Å². The van der Waals surface area contributed by atoms with Crippen molar-refractivity contribution in [2.75, 3.05) is 83.4 Å². The molecule has 1 unspecified atom stereocenters. The van der Waals surface area contributed by atoms with Crippen LogP contribution in [0.3, 0.4) is 0 Å². The number of hydrogen-bond acceptors (Lipinski definition) is 4. The Balaban J connectivity index is 1.49. The van der Waals surface area contributed by atoms with Crippen molar-refractivity contribution in [3.63, 3.8) is 0 Å². The number of rotatable bonds is 7. The summed E-state index contributed by atoms with van der Waals surface area (Å²) in [4.78, 5) is 14.9. The lowest BCUT2D eigenvalue weighted by atomic mass is 10.1. The SMILES string of the molecule is CCNC(=NCC(C)CN1CCN(CC)CC1)N1CCN(c2ccccc2Cl)CC1. The molecule has 2 heterocycles. The maximum absolute atomic E-state index is 6.39. The highest BCUT2D eigenvalue weighted by molar-refractivity contribution is 6.33. The minimum absolute atomic E-state index is 0.566. The van der Waals surface area contributed by atoms with Crippen molar-refractivity contribution in [1.82, 2.24) is 20.0 Å². The molecule has 0 radical (unpaired) electrons. The minimum atomic E-state index is 0.566. The summed E-state index contributed by atoms with van der Waals surface area (Å²) in [7, 11) is 0. The van der Waals surface area contributed by atoms with Gasteiger partial charge in [-0.2, -0.15) is 0 Å². The van der Waals surface area contributed by atoms with Gasteiger partial charge in [0.25, 0.3) is 0 Å². The number of benzene rings is 1.